The van der Waals surface area contributed by atoms with E-state index >= 15 is 0 Å². The van der Waals surface area contributed by atoms with Crippen LogP contribution in [0.1, 0.15) is 33.1 Å². The van der Waals surface area contributed by atoms with Crippen LogP contribution in [0.5, 0.6) is 0 Å². The standard InChI is InChI=1S/C10H21N3/c1-8(2)12-10(11)13(3)7-9-5-4-6-9/h8-9H,4-7H2,1-3H3,(H2,11,12). The van der Waals surface area contributed by atoms with Gasteiger partial charge in [-0.25, -0.2) is 0 Å². The Morgan fingerprint density at radius 2 is 2.15 bits per heavy atom. The summed E-state index contributed by atoms with van der Waals surface area (Å²) < 4.78 is 0. The van der Waals surface area contributed by atoms with Crippen molar-refractivity contribution < 1.29 is 0 Å². The highest BCUT2D eigenvalue weighted by Gasteiger charge is 2.19. The first-order valence-electron chi connectivity index (χ1n) is 5.14. The molecule has 76 valence electrons. The molecule has 0 amide bonds. The number of rotatable bonds is 3. The van der Waals surface area contributed by atoms with Gasteiger partial charge in [-0.05, 0) is 32.6 Å². The Bertz CT molecular complexity index is 183. The minimum atomic E-state index is 0.295. The second kappa shape index (κ2) is 4.49. The zero-order valence-electron chi connectivity index (χ0n) is 8.95. The summed E-state index contributed by atoms with van der Waals surface area (Å²) in [4.78, 5) is 6.38. The lowest BCUT2D eigenvalue weighted by Gasteiger charge is -2.30. The van der Waals surface area contributed by atoms with Crippen molar-refractivity contribution in [1.82, 2.24) is 4.90 Å². The summed E-state index contributed by atoms with van der Waals surface area (Å²) in [7, 11) is 2.03. The van der Waals surface area contributed by atoms with Gasteiger partial charge in [0.15, 0.2) is 5.96 Å². The zero-order valence-corrected chi connectivity index (χ0v) is 8.95. The Morgan fingerprint density at radius 1 is 1.54 bits per heavy atom. The molecule has 0 unspecified atom stereocenters. The lowest BCUT2D eigenvalue weighted by atomic mass is 9.85. The van der Waals surface area contributed by atoms with Crippen LogP contribution in [0.2, 0.25) is 0 Å². The lowest BCUT2D eigenvalue weighted by molar-refractivity contribution is 0.257. The molecule has 0 radical (unpaired) electrons. The second-order valence-corrected chi connectivity index (χ2v) is 4.26. The highest BCUT2D eigenvalue weighted by atomic mass is 15.2. The molecule has 13 heavy (non-hydrogen) atoms. The number of guanidine groups is 1. The molecule has 1 fully saturated rings. The molecule has 0 spiro atoms. The van der Waals surface area contributed by atoms with Gasteiger partial charge in [-0.2, -0.15) is 0 Å². The van der Waals surface area contributed by atoms with E-state index in [2.05, 4.69) is 9.89 Å². The monoisotopic (exact) mass is 183 g/mol. The van der Waals surface area contributed by atoms with Gasteiger partial charge < -0.3 is 10.6 Å². The van der Waals surface area contributed by atoms with Crippen LogP contribution >= 0.6 is 0 Å². The SMILES string of the molecule is CC(C)N=C(N)N(C)CC1CCC1. The van der Waals surface area contributed by atoms with E-state index in [9.17, 15) is 0 Å². The highest BCUT2D eigenvalue weighted by molar-refractivity contribution is 5.77. The second-order valence-electron chi connectivity index (χ2n) is 4.26. The number of hydrogen-bond acceptors (Lipinski definition) is 1. The quantitative estimate of drug-likeness (QED) is 0.531. The minimum Gasteiger partial charge on any atom is -0.370 e. The summed E-state index contributed by atoms with van der Waals surface area (Å²) in [5.74, 6) is 1.54. The molecule has 1 aliphatic carbocycles. The molecule has 3 heteroatoms. The fraction of sp³-hybridized carbons (Fsp3) is 0.900. The fourth-order valence-electron chi connectivity index (χ4n) is 1.52. The van der Waals surface area contributed by atoms with Gasteiger partial charge in [0.1, 0.15) is 0 Å². The van der Waals surface area contributed by atoms with E-state index in [1.54, 1.807) is 0 Å². The van der Waals surface area contributed by atoms with Gasteiger partial charge in [0.2, 0.25) is 0 Å². The van der Waals surface area contributed by atoms with Crippen LogP contribution in [0.25, 0.3) is 0 Å². The molecular weight excluding hydrogens is 162 g/mol. The Balaban J connectivity index is 2.32. The van der Waals surface area contributed by atoms with Crippen LogP contribution in [0.15, 0.2) is 4.99 Å². The molecule has 1 rings (SSSR count). The van der Waals surface area contributed by atoms with Crippen molar-refractivity contribution in [3.8, 4) is 0 Å². The van der Waals surface area contributed by atoms with Crippen molar-refractivity contribution in [2.75, 3.05) is 13.6 Å². The van der Waals surface area contributed by atoms with Crippen molar-refractivity contribution in [2.24, 2.45) is 16.6 Å². The molecular formula is C10H21N3. The average molecular weight is 183 g/mol. The van der Waals surface area contributed by atoms with Crippen molar-refractivity contribution in [1.29, 1.82) is 0 Å². The van der Waals surface area contributed by atoms with Crippen molar-refractivity contribution >= 4 is 5.96 Å². The molecule has 0 aromatic carbocycles. The van der Waals surface area contributed by atoms with Crippen LogP contribution < -0.4 is 5.73 Å². The first-order valence-corrected chi connectivity index (χ1v) is 5.14. The third-order valence-electron chi connectivity index (χ3n) is 2.54. The topological polar surface area (TPSA) is 41.6 Å². The maximum Gasteiger partial charge on any atom is 0.191 e. The van der Waals surface area contributed by atoms with Crippen molar-refractivity contribution in [3.05, 3.63) is 0 Å². The smallest absolute Gasteiger partial charge is 0.191 e. The van der Waals surface area contributed by atoms with E-state index in [-0.39, 0.29) is 0 Å². The van der Waals surface area contributed by atoms with Gasteiger partial charge in [-0.15, -0.1) is 0 Å². The predicted octanol–water partition coefficient (Wildman–Crippen LogP) is 1.44. The Kier molecular flexibility index (Phi) is 3.58. The van der Waals surface area contributed by atoms with E-state index < -0.39 is 0 Å². The van der Waals surface area contributed by atoms with Gasteiger partial charge in [0, 0.05) is 19.6 Å². The van der Waals surface area contributed by atoms with Crippen molar-refractivity contribution in [2.45, 2.75) is 39.2 Å². The van der Waals surface area contributed by atoms with Gasteiger partial charge in [0.05, 0.1) is 0 Å². The van der Waals surface area contributed by atoms with Gasteiger partial charge in [-0.1, -0.05) is 6.42 Å². The zero-order chi connectivity index (χ0) is 9.84. The van der Waals surface area contributed by atoms with Gasteiger partial charge >= 0.3 is 0 Å². The fourth-order valence-corrected chi connectivity index (χ4v) is 1.52. The van der Waals surface area contributed by atoms with Gasteiger partial charge in [0.25, 0.3) is 0 Å². The lowest BCUT2D eigenvalue weighted by Crippen LogP contribution is -2.39. The molecule has 0 atom stereocenters. The first-order chi connectivity index (χ1) is 6.09. The summed E-state index contributed by atoms with van der Waals surface area (Å²) in [5.41, 5.74) is 5.82. The summed E-state index contributed by atoms with van der Waals surface area (Å²) in [6.45, 7) is 5.16. The number of nitrogens with two attached hydrogens (primary N) is 1. The summed E-state index contributed by atoms with van der Waals surface area (Å²) in [5, 5.41) is 0. The number of hydrogen-bond donors (Lipinski definition) is 1. The minimum absolute atomic E-state index is 0.295. The Labute approximate surface area is 81.0 Å². The highest BCUT2D eigenvalue weighted by Crippen LogP contribution is 2.26. The summed E-state index contributed by atoms with van der Waals surface area (Å²) in [6, 6.07) is 0.295. The molecule has 0 aromatic rings. The molecule has 1 aliphatic rings. The maximum atomic E-state index is 5.82. The van der Waals surface area contributed by atoms with Crippen molar-refractivity contribution in [3.63, 3.8) is 0 Å². The number of nitrogens with zero attached hydrogens (tertiary/aromatic N) is 2. The van der Waals surface area contributed by atoms with E-state index in [0.29, 0.717) is 12.0 Å². The number of aliphatic imine (C=N–C) groups is 1. The molecule has 2 N–H and O–H groups in total. The van der Waals surface area contributed by atoms with Crippen LogP contribution in [-0.2, 0) is 0 Å². The summed E-state index contributed by atoms with van der Waals surface area (Å²) in [6.07, 6.45) is 4.11. The molecule has 0 aromatic heterocycles. The molecule has 1 saturated carbocycles. The van der Waals surface area contributed by atoms with Crippen LogP contribution in [0.4, 0.5) is 0 Å². The maximum absolute atomic E-state index is 5.82. The van der Waals surface area contributed by atoms with E-state index in [1.165, 1.54) is 19.3 Å². The van der Waals surface area contributed by atoms with Crippen LogP contribution in [-0.4, -0.2) is 30.5 Å². The average Bonchev–Trinajstić information content (AvgIpc) is 1.94. The van der Waals surface area contributed by atoms with Crippen LogP contribution in [0.3, 0.4) is 0 Å². The molecule has 0 bridgehead atoms. The molecule has 0 heterocycles. The predicted molar refractivity (Wildman–Crippen MR) is 56.7 cm³/mol. The van der Waals surface area contributed by atoms with Crippen LogP contribution in [0, 0.1) is 5.92 Å². The van der Waals surface area contributed by atoms with Gasteiger partial charge in [-0.3, -0.25) is 4.99 Å². The normalized spacial score (nSPS) is 18.9. The third kappa shape index (κ3) is 3.25. The summed E-state index contributed by atoms with van der Waals surface area (Å²) >= 11 is 0. The molecule has 0 saturated heterocycles. The first kappa shape index (κ1) is 10.4. The third-order valence-corrected chi connectivity index (χ3v) is 2.54. The molecule has 3 nitrogen and oxygen atoms in total. The Hall–Kier alpha value is -0.730. The molecule has 0 aliphatic heterocycles. The van der Waals surface area contributed by atoms with E-state index in [1.807, 2.05) is 20.9 Å². The van der Waals surface area contributed by atoms with E-state index in [4.69, 9.17) is 5.73 Å². The Morgan fingerprint density at radius 3 is 2.54 bits per heavy atom. The largest absolute Gasteiger partial charge is 0.370 e. The van der Waals surface area contributed by atoms with E-state index in [0.717, 1.165) is 12.5 Å².